The van der Waals surface area contributed by atoms with E-state index in [0.717, 1.165) is 35.1 Å². The lowest BCUT2D eigenvalue weighted by molar-refractivity contribution is -0.108. The SMILES string of the molecule is CO.Cc1ccc(F)c(C(C)C2C3=CC(=S(c4ccc(Cl)cc4N(C)C)N2CC=O)NC(=O)O3)c1C. The highest BCUT2D eigenvalue weighted by Crippen LogP contribution is 2.48. The monoisotopic (exact) mass is 535 g/mol. The molecule has 1 amide bonds. The Morgan fingerprint density at radius 3 is 2.61 bits per heavy atom. The molecular formula is C26H31ClFN3O4S. The molecule has 4 rings (SSSR count). The number of nitrogens with one attached hydrogen (secondary N) is 1. The number of carbonyl (C=O) groups excluding carboxylic acids is 2. The van der Waals surface area contributed by atoms with Crippen LogP contribution in [0.5, 0.6) is 0 Å². The molecule has 2 heterocycles. The summed E-state index contributed by atoms with van der Waals surface area (Å²) >= 11 is 6.29. The molecule has 2 bridgehead atoms. The van der Waals surface area contributed by atoms with Crippen molar-refractivity contribution < 1.29 is 23.8 Å². The fraction of sp³-hybridized carbons (Fsp3) is 0.346. The van der Waals surface area contributed by atoms with Gasteiger partial charge in [0.15, 0.2) is 0 Å². The zero-order valence-corrected chi connectivity index (χ0v) is 22.7. The van der Waals surface area contributed by atoms with Crippen molar-refractivity contribution in [2.45, 2.75) is 37.6 Å². The van der Waals surface area contributed by atoms with Crippen LogP contribution in [0.25, 0.3) is 0 Å². The maximum absolute atomic E-state index is 15.1. The van der Waals surface area contributed by atoms with Crippen LogP contribution in [0, 0.1) is 19.7 Å². The van der Waals surface area contributed by atoms with Crippen LogP contribution in [0.4, 0.5) is 14.9 Å². The maximum Gasteiger partial charge on any atom is 0.417 e. The van der Waals surface area contributed by atoms with E-state index in [-0.39, 0.29) is 12.4 Å². The zero-order chi connectivity index (χ0) is 26.7. The van der Waals surface area contributed by atoms with Gasteiger partial charge in [-0.25, -0.2) is 13.5 Å². The van der Waals surface area contributed by atoms with Crippen molar-refractivity contribution >= 4 is 45.3 Å². The molecule has 10 heteroatoms. The van der Waals surface area contributed by atoms with E-state index in [1.165, 1.54) is 6.07 Å². The summed E-state index contributed by atoms with van der Waals surface area (Å²) in [5.41, 5.74) is 3.22. The summed E-state index contributed by atoms with van der Waals surface area (Å²) in [5, 5.41) is 10.4. The molecule has 0 spiro atoms. The fourth-order valence-electron chi connectivity index (χ4n) is 4.59. The number of anilines is 1. The molecule has 3 unspecified atom stereocenters. The van der Waals surface area contributed by atoms with Crippen molar-refractivity contribution in [2.75, 3.05) is 32.6 Å². The number of aldehydes is 1. The minimum atomic E-state index is -0.849. The second kappa shape index (κ2) is 11.6. The van der Waals surface area contributed by atoms with Gasteiger partial charge >= 0.3 is 6.09 Å². The van der Waals surface area contributed by atoms with Gasteiger partial charge in [-0.2, -0.15) is 0 Å². The molecule has 3 atom stereocenters. The quantitative estimate of drug-likeness (QED) is 0.410. The fourth-order valence-corrected chi connectivity index (χ4v) is 7.26. The standard InChI is InChI=1S/C25H27ClFN3O3S.CH4O/c1-14-6-8-18(27)23(15(14)2)16(3)24-20-13-22(28-25(32)33-20)34(30(24)10-11-31)21-9-7-17(26)12-19(21)29(4)5;1-2/h6-9,11-13,16,24H,10H2,1-5H3,(H,28,32);2H,1H3. The first-order valence-electron chi connectivity index (χ1n) is 11.3. The number of amides is 1. The number of nitrogens with zero attached hydrogens (tertiary/aromatic N) is 2. The number of aliphatic hydroxyl groups is 1. The van der Waals surface area contributed by atoms with Crippen molar-refractivity contribution in [2.24, 2.45) is 0 Å². The second-order valence-corrected chi connectivity index (χ2v) is 11.0. The number of ether oxygens (including phenoxy) is 1. The summed E-state index contributed by atoms with van der Waals surface area (Å²) in [6.45, 7) is 5.80. The third-order valence-corrected chi connectivity index (χ3v) is 8.76. The first-order chi connectivity index (χ1) is 17.1. The van der Waals surface area contributed by atoms with Crippen molar-refractivity contribution in [3.05, 3.63) is 69.7 Å². The number of aryl methyl sites for hydroxylation is 1. The topological polar surface area (TPSA) is 82.1 Å². The zero-order valence-electron chi connectivity index (χ0n) is 21.1. The third-order valence-electron chi connectivity index (χ3n) is 6.28. The van der Waals surface area contributed by atoms with Gasteiger partial charge in [0.05, 0.1) is 23.3 Å². The summed E-state index contributed by atoms with van der Waals surface area (Å²) in [6, 6.07) is 8.23. The van der Waals surface area contributed by atoms with Crippen molar-refractivity contribution in [1.29, 1.82) is 0 Å². The van der Waals surface area contributed by atoms with Gasteiger partial charge in [-0.05, 0) is 54.8 Å². The Bertz CT molecular complexity index is 1250. The highest BCUT2D eigenvalue weighted by Gasteiger charge is 2.42. The van der Waals surface area contributed by atoms with E-state index in [1.807, 2.05) is 62.3 Å². The molecular weight excluding hydrogens is 505 g/mol. The van der Waals surface area contributed by atoms with Crippen LogP contribution in [-0.4, -0.2) is 60.6 Å². The molecule has 0 fully saturated rings. The maximum atomic E-state index is 15.1. The number of benzene rings is 2. The predicted octanol–water partition coefficient (Wildman–Crippen LogP) is 4.75. The number of hydrogen-bond donors (Lipinski definition) is 2. The minimum Gasteiger partial charge on any atom is -0.413 e. The van der Waals surface area contributed by atoms with E-state index in [4.69, 9.17) is 21.4 Å². The van der Waals surface area contributed by atoms with Crippen LogP contribution in [0.2, 0.25) is 5.02 Å². The van der Waals surface area contributed by atoms with Crippen molar-refractivity contribution in [3.8, 4) is 0 Å². The van der Waals surface area contributed by atoms with Gasteiger partial charge in [0.1, 0.15) is 17.9 Å². The number of alkyl carbamates (subject to hydrolysis) is 1. The van der Waals surface area contributed by atoms with Gasteiger partial charge < -0.3 is 19.5 Å². The average molecular weight is 536 g/mol. The molecule has 2 aromatic carbocycles. The van der Waals surface area contributed by atoms with Crippen molar-refractivity contribution in [3.63, 3.8) is 0 Å². The molecule has 36 heavy (non-hydrogen) atoms. The Kier molecular flexibility index (Phi) is 8.94. The Balaban J connectivity index is 0.00000176. The number of hydrogen-bond acceptors (Lipinski definition) is 6. The Morgan fingerprint density at radius 2 is 1.97 bits per heavy atom. The highest BCUT2D eigenvalue weighted by atomic mass is 35.5. The van der Waals surface area contributed by atoms with Crippen LogP contribution in [0.3, 0.4) is 0 Å². The summed E-state index contributed by atoms with van der Waals surface area (Å²) in [4.78, 5) is 27.9. The van der Waals surface area contributed by atoms with Gasteiger partial charge in [-0.15, -0.1) is 0 Å². The Labute approximate surface area is 218 Å². The molecule has 194 valence electrons. The molecule has 2 aliphatic heterocycles. The first-order valence-corrected chi connectivity index (χ1v) is 12.9. The van der Waals surface area contributed by atoms with Crippen LogP contribution in [0.1, 0.15) is 29.5 Å². The summed E-state index contributed by atoms with van der Waals surface area (Å²) in [6.07, 6.45) is 2.05. The minimum absolute atomic E-state index is 0.0696. The molecule has 7 nitrogen and oxygen atoms in total. The summed E-state index contributed by atoms with van der Waals surface area (Å²) < 4.78 is 22.7. The largest absolute Gasteiger partial charge is 0.417 e. The van der Waals surface area contributed by atoms with Crippen molar-refractivity contribution in [1.82, 2.24) is 9.62 Å². The van der Waals surface area contributed by atoms with Gasteiger partial charge in [0, 0.05) is 43.1 Å². The van der Waals surface area contributed by atoms with Crippen LogP contribution < -0.4 is 10.2 Å². The van der Waals surface area contributed by atoms with Gasteiger partial charge in [0.2, 0.25) is 0 Å². The number of rotatable bonds is 6. The van der Waals surface area contributed by atoms with E-state index in [1.54, 1.807) is 12.1 Å². The summed E-state index contributed by atoms with van der Waals surface area (Å²) in [5.74, 6) is -0.321. The lowest BCUT2D eigenvalue weighted by Crippen LogP contribution is -2.49. The molecule has 0 saturated heterocycles. The van der Waals surface area contributed by atoms with E-state index in [9.17, 15) is 9.59 Å². The molecule has 2 aliphatic rings. The smallest absolute Gasteiger partial charge is 0.413 e. The van der Waals surface area contributed by atoms with Crippen LogP contribution >= 0.6 is 22.3 Å². The van der Waals surface area contributed by atoms with E-state index in [2.05, 4.69) is 5.32 Å². The number of aliphatic hydroxyl groups excluding tert-OH is 1. The Morgan fingerprint density at radius 1 is 1.28 bits per heavy atom. The van der Waals surface area contributed by atoms with Gasteiger partial charge in [-0.3, -0.25) is 5.32 Å². The third kappa shape index (κ3) is 5.20. The highest BCUT2D eigenvalue weighted by molar-refractivity contribution is 8.14. The lowest BCUT2D eigenvalue weighted by atomic mass is 9.86. The molecule has 0 radical (unpaired) electrons. The molecule has 2 N–H and O–H groups in total. The van der Waals surface area contributed by atoms with Crippen LogP contribution in [-0.2, 0) is 9.53 Å². The lowest BCUT2D eigenvalue weighted by Gasteiger charge is -2.43. The van der Waals surface area contributed by atoms with E-state index >= 15 is 4.39 Å². The Hall–Kier alpha value is -2.72. The second-order valence-electron chi connectivity index (χ2n) is 8.62. The number of halogens is 2. The van der Waals surface area contributed by atoms with Gasteiger partial charge in [0.25, 0.3) is 0 Å². The number of carbonyl (C=O) groups is 2. The number of fused-ring (bicyclic) bond motifs is 1. The van der Waals surface area contributed by atoms with Gasteiger partial charge in [-0.1, -0.05) is 35.3 Å². The molecule has 0 aliphatic carbocycles. The van der Waals surface area contributed by atoms with Crippen LogP contribution in [0.15, 0.2) is 47.1 Å². The molecule has 0 saturated carbocycles. The average Bonchev–Trinajstić information content (AvgIpc) is 2.83. The molecule has 2 aromatic rings. The van der Waals surface area contributed by atoms with E-state index < -0.39 is 28.7 Å². The normalized spacial score (nSPS) is 19.9. The summed E-state index contributed by atoms with van der Waals surface area (Å²) in [7, 11) is 3.97. The predicted molar refractivity (Wildman–Crippen MR) is 143 cm³/mol. The first kappa shape index (κ1) is 27.9. The molecule has 0 aromatic heterocycles. The van der Waals surface area contributed by atoms with E-state index in [0.29, 0.717) is 21.3 Å².